The highest BCUT2D eigenvalue weighted by Crippen LogP contribution is 2.05. The van der Waals surface area contributed by atoms with E-state index in [9.17, 15) is 15.0 Å². The van der Waals surface area contributed by atoms with Crippen molar-refractivity contribution in [3.05, 3.63) is 0 Å². The third-order valence-corrected chi connectivity index (χ3v) is 1.78. The van der Waals surface area contributed by atoms with Gasteiger partial charge in [0.2, 0.25) is 0 Å². The zero-order chi connectivity index (χ0) is 12.0. The third kappa shape index (κ3) is 5.05. The standard InChI is InChI=1S/C8H16O7/c1-4(10)15-3-6(12)8(14)7(13)5(11)2-9/h5-9,11-14H,2-3H2,1H3/t5-,6+,7+,8+/m0/s1. The molecule has 90 valence electrons. The van der Waals surface area contributed by atoms with E-state index in [1.165, 1.54) is 0 Å². The first-order chi connectivity index (χ1) is 6.90. The SMILES string of the molecule is CC(=O)OC[C@@H](O)[C@@H](O)[C@H](O)[C@@H](O)CO. The molecule has 0 spiro atoms. The van der Waals surface area contributed by atoms with E-state index >= 15 is 0 Å². The lowest BCUT2D eigenvalue weighted by molar-refractivity contribution is -0.154. The minimum absolute atomic E-state index is 0.494. The van der Waals surface area contributed by atoms with Crippen molar-refractivity contribution in [2.24, 2.45) is 0 Å². The monoisotopic (exact) mass is 224 g/mol. The first-order valence-electron chi connectivity index (χ1n) is 4.36. The van der Waals surface area contributed by atoms with E-state index in [0.717, 1.165) is 6.92 Å². The van der Waals surface area contributed by atoms with E-state index in [4.69, 9.17) is 15.3 Å². The van der Waals surface area contributed by atoms with Crippen molar-refractivity contribution in [1.82, 2.24) is 0 Å². The summed E-state index contributed by atoms with van der Waals surface area (Å²) >= 11 is 0. The molecule has 0 aliphatic heterocycles. The predicted octanol–water partition coefficient (Wildman–Crippen LogP) is -3.01. The lowest BCUT2D eigenvalue weighted by atomic mass is 10.0. The summed E-state index contributed by atoms with van der Waals surface area (Å²) in [4.78, 5) is 10.4. The van der Waals surface area contributed by atoms with Gasteiger partial charge in [-0.25, -0.2) is 0 Å². The first-order valence-corrected chi connectivity index (χ1v) is 4.36. The molecule has 5 N–H and O–H groups in total. The van der Waals surface area contributed by atoms with E-state index in [-0.39, 0.29) is 0 Å². The number of esters is 1. The summed E-state index contributed by atoms with van der Waals surface area (Å²) in [5, 5.41) is 45.0. The largest absolute Gasteiger partial charge is 0.463 e. The molecule has 0 saturated carbocycles. The van der Waals surface area contributed by atoms with Gasteiger partial charge in [-0.3, -0.25) is 4.79 Å². The average Bonchev–Trinajstić information content (AvgIpc) is 2.22. The van der Waals surface area contributed by atoms with Crippen LogP contribution in [0.1, 0.15) is 6.92 Å². The second-order valence-electron chi connectivity index (χ2n) is 3.10. The van der Waals surface area contributed by atoms with Crippen LogP contribution >= 0.6 is 0 Å². The summed E-state index contributed by atoms with van der Waals surface area (Å²) in [6, 6.07) is 0. The number of rotatable bonds is 6. The van der Waals surface area contributed by atoms with Gasteiger partial charge in [-0.15, -0.1) is 0 Å². The molecule has 0 bridgehead atoms. The molecular formula is C8H16O7. The quantitative estimate of drug-likeness (QED) is 0.304. The molecule has 7 nitrogen and oxygen atoms in total. The second kappa shape index (κ2) is 6.70. The molecule has 0 rings (SSSR count). The summed E-state index contributed by atoms with van der Waals surface area (Å²) in [6.45, 7) is -0.123. The Balaban J connectivity index is 4.06. The summed E-state index contributed by atoms with van der Waals surface area (Å²) in [7, 11) is 0. The summed E-state index contributed by atoms with van der Waals surface area (Å²) in [5.41, 5.74) is 0. The number of aliphatic hydroxyl groups excluding tert-OH is 5. The van der Waals surface area contributed by atoms with Crippen LogP contribution in [0.3, 0.4) is 0 Å². The molecule has 0 unspecified atom stereocenters. The van der Waals surface area contributed by atoms with Crippen LogP contribution in [-0.4, -0.2) is 69.1 Å². The van der Waals surface area contributed by atoms with Gasteiger partial charge < -0.3 is 30.3 Å². The van der Waals surface area contributed by atoms with Gasteiger partial charge in [0.1, 0.15) is 31.0 Å². The molecule has 0 saturated heterocycles. The Hall–Kier alpha value is -0.730. The van der Waals surface area contributed by atoms with Gasteiger partial charge in [-0.05, 0) is 0 Å². The number of hydrogen-bond donors (Lipinski definition) is 5. The molecule has 0 aliphatic rings. The topological polar surface area (TPSA) is 127 Å². The van der Waals surface area contributed by atoms with Gasteiger partial charge in [0.05, 0.1) is 6.61 Å². The van der Waals surface area contributed by atoms with Gasteiger partial charge in [0, 0.05) is 6.92 Å². The van der Waals surface area contributed by atoms with Crippen molar-refractivity contribution in [3.8, 4) is 0 Å². The molecule has 4 atom stereocenters. The molecule has 15 heavy (non-hydrogen) atoms. The van der Waals surface area contributed by atoms with Gasteiger partial charge in [-0.2, -0.15) is 0 Å². The van der Waals surface area contributed by atoms with Crippen LogP contribution in [0.25, 0.3) is 0 Å². The van der Waals surface area contributed by atoms with E-state index in [1.807, 2.05) is 0 Å². The maximum Gasteiger partial charge on any atom is 0.302 e. The number of ether oxygens (including phenoxy) is 1. The van der Waals surface area contributed by atoms with Crippen LogP contribution in [0.5, 0.6) is 0 Å². The maximum atomic E-state index is 10.4. The Bertz CT molecular complexity index is 195. The molecular weight excluding hydrogens is 208 g/mol. The highest BCUT2D eigenvalue weighted by Gasteiger charge is 2.30. The van der Waals surface area contributed by atoms with Gasteiger partial charge in [0.25, 0.3) is 0 Å². The summed E-state index contributed by atoms with van der Waals surface area (Å²) in [5.74, 6) is -0.640. The highest BCUT2D eigenvalue weighted by molar-refractivity contribution is 5.65. The molecule has 0 amide bonds. The Morgan fingerprint density at radius 1 is 1.13 bits per heavy atom. The van der Waals surface area contributed by atoms with E-state index in [1.54, 1.807) is 0 Å². The minimum atomic E-state index is -1.71. The Kier molecular flexibility index (Phi) is 6.37. The molecule has 0 aromatic heterocycles. The van der Waals surface area contributed by atoms with Crippen molar-refractivity contribution in [2.45, 2.75) is 31.3 Å². The summed E-state index contributed by atoms with van der Waals surface area (Å²) in [6.07, 6.45) is -6.50. The van der Waals surface area contributed by atoms with Crippen LogP contribution < -0.4 is 0 Å². The van der Waals surface area contributed by atoms with Crippen LogP contribution in [0, 0.1) is 0 Å². The molecule has 0 aliphatic carbocycles. The Labute approximate surface area is 86.5 Å². The van der Waals surface area contributed by atoms with Gasteiger partial charge in [0.15, 0.2) is 0 Å². The Morgan fingerprint density at radius 2 is 1.60 bits per heavy atom. The number of hydrogen-bond acceptors (Lipinski definition) is 7. The highest BCUT2D eigenvalue weighted by atomic mass is 16.5. The third-order valence-electron chi connectivity index (χ3n) is 1.78. The van der Waals surface area contributed by atoms with Gasteiger partial charge >= 0.3 is 5.97 Å². The van der Waals surface area contributed by atoms with E-state index in [0.29, 0.717) is 0 Å². The first kappa shape index (κ1) is 14.3. The molecule has 0 heterocycles. The lowest BCUT2D eigenvalue weighted by Gasteiger charge is -2.25. The van der Waals surface area contributed by atoms with Crippen molar-refractivity contribution >= 4 is 5.97 Å². The normalized spacial score (nSPS) is 19.1. The molecule has 0 fully saturated rings. The zero-order valence-corrected chi connectivity index (χ0v) is 8.28. The van der Waals surface area contributed by atoms with Crippen LogP contribution in [0.2, 0.25) is 0 Å². The van der Waals surface area contributed by atoms with Gasteiger partial charge in [-0.1, -0.05) is 0 Å². The predicted molar refractivity (Wildman–Crippen MR) is 47.7 cm³/mol. The molecule has 7 heteroatoms. The molecule has 0 aromatic rings. The lowest BCUT2D eigenvalue weighted by Crippen LogP contribution is -2.47. The summed E-state index contributed by atoms with van der Waals surface area (Å²) < 4.78 is 4.38. The van der Waals surface area contributed by atoms with Crippen molar-refractivity contribution in [1.29, 1.82) is 0 Å². The van der Waals surface area contributed by atoms with Crippen LogP contribution in [-0.2, 0) is 9.53 Å². The molecule has 0 aromatic carbocycles. The second-order valence-corrected chi connectivity index (χ2v) is 3.10. The van der Waals surface area contributed by atoms with Crippen molar-refractivity contribution in [3.63, 3.8) is 0 Å². The van der Waals surface area contributed by atoms with Crippen molar-refractivity contribution < 1.29 is 35.1 Å². The zero-order valence-electron chi connectivity index (χ0n) is 8.28. The fourth-order valence-electron chi connectivity index (χ4n) is 0.865. The maximum absolute atomic E-state index is 10.4. The van der Waals surface area contributed by atoms with Crippen LogP contribution in [0.4, 0.5) is 0 Å². The van der Waals surface area contributed by atoms with Crippen molar-refractivity contribution in [2.75, 3.05) is 13.2 Å². The molecule has 0 radical (unpaired) electrons. The smallest absolute Gasteiger partial charge is 0.302 e. The fraction of sp³-hybridized carbons (Fsp3) is 0.875. The average molecular weight is 224 g/mol. The minimum Gasteiger partial charge on any atom is -0.463 e. The van der Waals surface area contributed by atoms with Crippen LogP contribution in [0.15, 0.2) is 0 Å². The fourth-order valence-corrected chi connectivity index (χ4v) is 0.865. The van der Waals surface area contributed by atoms with E-state index in [2.05, 4.69) is 4.74 Å². The number of carbonyl (C=O) groups is 1. The number of carbonyl (C=O) groups excluding carboxylic acids is 1. The van der Waals surface area contributed by atoms with E-state index < -0.39 is 43.6 Å². The number of aliphatic hydroxyl groups is 5. The Morgan fingerprint density at radius 3 is 2.00 bits per heavy atom.